The van der Waals surface area contributed by atoms with Gasteiger partial charge in [0.25, 0.3) is 0 Å². The third kappa shape index (κ3) is 4.81. The van der Waals surface area contributed by atoms with Crippen LogP contribution in [0.2, 0.25) is 0 Å². The van der Waals surface area contributed by atoms with Gasteiger partial charge in [0, 0.05) is 0 Å². The predicted molar refractivity (Wildman–Crippen MR) is 94.1 cm³/mol. The zero-order valence-electron chi connectivity index (χ0n) is 14.2. The number of ether oxygens (including phenoxy) is 2. The molecule has 2 aromatic carbocycles. The zero-order chi connectivity index (χ0) is 17.7. The lowest BCUT2D eigenvalue weighted by Crippen LogP contribution is -2.50. The molecule has 3 atom stereocenters. The molecule has 0 saturated carbocycles. The maximum Gasteiger partial charge on any atom is 0.407 e. The summed E-state index contributed by atoms with van der Waals surface area (Å²) in [5, 5.41) is 13.4. The number of alkyl carbamates (subject to hydrolysis) is 1. The first-order valence-electron chi connectivity index (χ1n) is 8.40. The van der Waals surface area contributed by atoms with Crippen LogP contribution in [0.5, 0.6) is 0 Å². The van der Waals surface area contributed by atoms with Crippen molar-refractivity contribution in [2.45, 2.75) is 37.7 Å². The number of nitrogens with one attached hydrogen (secondary N) is 1. The number of carbonyl (C=O) groups is 1. The molecule has 0 radical (unpaired) electrons. The summed E-state index contributed by atoms with van der Waals surface area (Å²) >= 11 is 0. The Morgan fingerprint density at radius 3 is 2.28 bits per heavy atom. The lowest BCUT2D eigenvalue weighted by Gasteiger charge is -2.26. The highest BCUT2D eigenvalue weighted by molar-refractivity contribution is 5.67. The van der Waals surface area contributed by atoms with E-state index in [9.17, 15) is 9.90 Å². The van der Waals surface area contributed by atoms with Crippen molar-refractivity contribution in [3.05, 3.63) is 71.8 Å². The van der Waals surface area contributed by atoms with Crippen LogP contribution in [0.3, 0.4) is 0 Å². The highest BCUT2D eigenvalue weighted by Gasteiger charge is 2.50. The number of amides is 1. The molecule has 3 rings (SSSR count). The molecular weight excluding hydrogens is 318 g/mol. The minimum Gasteiger partial charge on any atom is -0.445 e. The van der Waals surface area contributed by atoms with Gasteiger partial charge in [0.15, 0.2) is 0 Å². The predicted octanol–water partition coefficient (Wildman–Crippen LogP) is 2.67. The Morgan fingerprint density at radius 2 is 1.72 bits per heavy atom. The molecule has 1 unspecified atom stereocenters. The normalized spacial score (nSPS) is 21.2. The molecule has 132 valence electrons. The average Bonchev–Trinajstić information content (AvgIpc) is 3.39. The summed E-state index contributed by atoms with van der Waals surface area (Å²) in [5.74, 6) is 0. The summed E-state index contributed by atoms with van der Waals surface area (Å²) in [6, 6.07) is 18.7. The molecule has 1 aliphatic rings. The molecule has 25 heavy (non-hydrogen) atoms. The van der Waals surface area contributed by atoms with Crippen LogP contribution in [0, 0.1) is 0 Å². The van der Waals surface area contributed by atoms with Crippen LogP contribution < -0.4 is 5.32 Å². The molecule has 0 aromatic heterocycles. The molecule has 2 N–H and O–H groups in total. The smallest absolute Gasteiger partial charge is 0.407 e. The van der Waals surface area contributed by atoms with E-state index < -0.39 is 23.8 Å². The van der Waals surface area contributed by atoms with Crippen LogP contribution in [0.15, 0.2) is 60.7 Å². The SMILES string of the molecule is C[C@@]1([C@H](O)C(Cc2ccccc2)NC(=O)OCc2ccccc2)CO1. The van der Waals surface area contributed by atoms with E-state index in [1.54, 1.807) is 0 Å². The third-order valence-electron chi connectivity index (χ3n) is 4.42. The van der Waals surface area contributed by atoms with Crippen molar-refractivity contribution >= 4 is 6.09 Å². The van der Waals surface area contributed by atoms with Gasteiger partial charge in [0.1, 0.15) is 18.3 Å². The molecule has 0 spiro atoms. The Bertz CT molecular complexity index is 685. The summed E-state index contributed by atoms with van der Waals surface area (Å²) in [5.41, 5.74) is 1.33. The second-order valence-electron chi connectivity index (χ2n) is 6.55. The quantitative estimate of drug-likeness (QED) is 0.760. The Kier molecular flexibility index (Phi) is 5.36. The van der Waals surface area contributed by atoms with Gasteiger partial charge in [-0.15, -0.1) is 0 Å². The average molecular weight is 341 g/mol. The fraction of sp³-hybridized carbons (Fsp3) is 0.350. The maximum absolute atomic E-state index is 12.2. The third-order valence-corrected chi connectivity index (χ3v) is 4.42. The number of aliphatic hydroxyl groups is 1. The summed E-state index contributed by atoms with van der Waals surface area (Å²) in [4.78, 5) is 12.2. The number of aliphatic hydroxyl groups excluding tert-OH is 1. The van der Waals surface area contributed by atoms with Gasteiger partial charge < -0.3 is 19.9 Å². The van der Waals surface area contributed by atoms with Gasteiger partial charge in [-0.05, 0) is 24.5 Å². The second kappa shape index (κ2) is 7.68. The van der Waals surface area contributed by atoms with Gasteiger partial charge >= 0.3 is 6.09 Å². The summed E-state index contributed by atoms with van der Waals surface area (Å²) in [6.07, 6.45) is -0.855. The van der Waals surface area contributed by atoms with Crippen molar-refractivity contribution in [2.24, 2.45) is 0 Å². The Balaban J connectivity index is 1.61. The summed E-state index contributed by atoms with van der Waals surface area (Å²) < 4.78 is 10.6. The van der Waals surface area contributed by atoms with E-state index in [2.05, 4.69) is 5.32 Å². The molecule has 1 aliphatic heterocycles. The van der Waals surface area contributed by atoms with Gasteiger partial charge in [0.2, 0.25) is 0 Å². The molecule has 1 amide bonds. The van der Waals surface area contributed by atoms with E-state index in [-0.39, 0.29) is 6.61 Å². The van der Waals surface area contributed by atoms with E-state index in [4.69, 9.17) is 9.47 Å². The molecule has 5 heteroatoms. The van der Waals surface area contributed by atoms with Crippen molar-refractivity contribution in [3.63, 3.8) is 0 Å². The molecule has 1 heterocycles. The van der Waals surface area contributed by atoms with Crippen molar-refractivity contribution in [3.8, 4) is 0 Å². The van der Waals surface area contributed by atoms with Gasteiger partial charge in [-0.2, -0.15) is 0 Å². The van der Waals surface area contributed by atoms with Crippen molar-refractivity contribution in [2.75, 3.05) is 6.61 Å². The minimum atomic E-state index is -0.808. The standard InChI is InChI=1S/C20H23NO4/c1-20(14-25-20)18(22)17(12-15-8-4-2-5-9-15)21-19(23)24-13-16-10-6-3-7-11-16/h2-11,17-18,22H,12-14H2,1H3,(H,21,23)/t17?,18-,20+/m1/s1. The van der Waals surface area contributed by atoms with Crippen LogP contribution in [0.25, 0.3) is 0 Å². The van der Waals surface area contributed by atoms with E-state index in [1.165, 1.54) is 0 Å². The highest BCUT2D eigenvalue weighted by atomic mass is 16.6. The van der Waals surface area contributed by atoms with Gasteiger partial charge in [-0.25, -0.2) is 4.79 Å². The number of benzene rings is 2. The lowest BCUT2D eigenvalue weighted by atomic mass is 9.93. The highest BCUT2D eigenvalue weighted by Crippen LogP contribution is 2.32. The van der Waals surface area contributed by atoms with Crippen molar-refractivity contribution in [1.29, 1.82) is 0 Å². The Morgan fingerprint density at radius 1 is 1.16 bits per heavy atom. The number of epoxide rings is 1. The molecule has 0 aliphatic carbocycles. The van der Waals surface area contributed by atoms with Crippen LogP contribution in [-0.2, 0) is 22.5 Å². The lowest BCUT2D eigenvalue weighted by molar-refractivity contribution is 0.0469. The van der Waals surface area contributed by atoms with Crippen LogP contribution in [0.1, 0.15) is 18.1 Å². The monoisotopic (exact) mass is 341 g/mol. The number of hydrogen-bond acceptors (Lipinski definition) is 4. The van der Waals surface area contributed by atoms with E-state index in [0.29, 0.717) is 13.0 Å². The largest absolute Gasteiger partial charge is 0.445 e. The van der Waals surface area contributed by atoms with Gasteiger partial charge in [-0.1, -0.05) is 60.7 Å². The maximum atomic E-state index is 12.2. The number of carbonyl (C=O) groups excluding carboxylic acids is 1. The first-order chi connectivity index (χ1) is 12.1. The summed E-state index contributed by atoms with van der Waals surface area (Å²) in [7, 11) is 0. The van der Waals surface area contributed by atoms with Gasteiger partial charge in [0.05, 0.1) is 12.6 Å². The minimum absolute atomic E-state index is 0.189. The molecule has 2 aromatic rings. The fourth-order valence-electron chi connectivity index (χ4n) is 2.74. The van der Waals surface area contributed by atoms with Crippen LogP contribution in [0.4, 0.5) is 4.79 Å². The molecular formula is C20H23NO4. The number of hydrogen-bond donors (Lipinski definition) is 2. The van der Waals surface area contributed by atoms with Crippen LogP contribution in [-0.4, -0.2) is 35.6 Å². The van der Waals surface area contributed by atoms with E-state index in [1.807, 2.05) is 67.6 Å². The summed E-state index contributed by atoms with van der Waals surface area (Å²) in [6.45, 7) is 2.52. The van der Waals surface area contributed by atoms with E-state index in [0.717, 1.165) is 11.1 Å². The molecule has 0 bridgehead atoms. The molecule has 1 saturated heterocycles. The first kappa shape index (κ1) is 17.5. The fourth-order valence-corrected chi connectivity index (χ4v) is 2.74. The first-order valence-corrected chi connectivity index (χ1v) is 8.40. The van der Waals surface area contributed by atoms with Crippen molar-refractivity contribution in [1.82, 2.24) is 5.32 Å². The molecule has 1 fully saturated rings. The molecule has 5 nitrogen and oxygen atoms in total. The number of rotatable bonds is 7. The van der Waals surface area contributed by atoms with Crippen LogP contribution >= 0.6 is 0 Å². The Hall–Kier alpha value is -2.37. The van der Waals surface area contributed by atoms with Gasteiger partial charge in [-0.3, -0.25) is 0 Å². The van der Waals surface area contributed by atoms with Crippen molar-refractivity contribution < 1.29 is 19.4 Å². The zero-order valence-corrected chi connectivity index (χ0v) is 14.2. The van der Waals surface area contributed by atoms with E-state index >= 15 is 0 Å². The second-order valence-corrected chi connectivity index (χ2v) is 6.55. The Labute approximate surface area is 147 Å². The topological polar surface area (TPSA) is 71.1 Å².